The lowest BCUT2D eigenvalue weighted by atomic mass is 9.98. The van der Waals surface area contributed by atoms with Crippen LogP contribution in [0.25, 0.3) is 5.57 Å². The molecule has 1 aliphatic rings. The summed E-state index contributed by atoms with van der Waals surface area (Å²) in [4.78, 5) is 12.3. The standard InChI is InChI=1S/C25H31NO7S/c1-19(20-6-8-21(31-2)9-7-20)5-3-4-16-33-22-10-12-23(13-11-22)34(29,30)25(24(27)26-28)14-17-32-18-15-25/h5-13,28H,3-4,14-18H2,1-2H3,(H,26,27)/b19-5+. The highest BCUT2D eigenvalue weighted by atomic mass is 32.2. The number of ether oxygens (including phenoxy) is 3. The van der Waals surface area contributed by atoms with Gasteiger partial charge in [0.1, 0.15) is 11.5 Å². The SMILES string of the molecule is COc1ccc(/C(C)=C/CCCOc2ccc(S(=O)(=O)C3(C(=O)NO)CCOCC3)cc2)cc1. The molecule has 34 heavy (non-hydrogen) atoms. The average molecular weight is 490 g/mol. The summed E-state index contributed by atoms with van der Waals surface area (Å²) in [5, 5.41) is 9.13. The maximum atomic E-state index is 13.3. The molecular weight excluding hydrogens is 458 g/mol. The number of nitrogens with one attached hydrogen (secondary N) is 1. The van der Waals surface area contributed by atoms with E-state index in [9.17, 15) is 13.2 Å². The number of unbranched alkanes of at least 4 members (excludes halogenated alkanes) is 1. The number of amides is 1. The Labute approximate surface area is 200 Å². The van der Waals surface area contributed by atoms with Crippen LogP contribution in [0.3, 0.4) is 0 Å². The van der Waals surface area contributed by atoms with E-state index < -0.39 is 20.5 Å². The molecule has 1 fully saturated rings. The highest BCUT2D eigenvalue weighted by Gasteiger charge is 2.52. The molecule has 0 aliphatic carbocycles. The molecule has 1 aliphatic heterocycles. The van der Waals surface area contributed by atoms with Crippen molar-refractivity contribution in [2.75, 3.05) is 26.9 Å². The number of allylic oxidation sites excluding steroid dienone is 2. The van der Waals surface area contributed by atoms with Gasteiger partial charge in [0.2, 0.25) is 0 Å². The van der Waals surface area contributed by atoms with Crippen LogP contribution in [-0.4, -0.2) is 51.2 Å². The second-order valence-electron chi connectivity index (χ2n) is 8.13. The van der Waals surface area contributed by atoms with Gasteiger partial charge in [-0.15, -0.1) is 0 Å². The second-order valence-corrected chi connectivity index (χ2v) is 10.4. The van der Waals surface area contributed by atoms with Crippen LogP contribution < -0.4 is 15.0 Å². The first-order chi connectivity index (χ1) is 16.3. The summed E-state index contributed by atoms with van der Waals surface area (Å²) in [7, 11) is -2.40. The first kappa shape index (κ1) is 25.7. The first-order valence-corrected chi connectivity index (χ1v) is 12.6. The largest absolute Gasteiger partial charge is 0.497 e. The van der Waals surface area contributed by atoms with Crippen LogP contribution in [0.4, 0.5) is 0 Å². The number of hydrogen-bond donors (Lipinski definition) is 2. The summed E-state index contributed by atoms with van der Waals surface area (Å²) < 4.78 is 40.9. The van der Waals surface area contributed by atoms with Crippen LogP contribution in [-0.2, 0) is 19.4 Å². The molecule has 2 aromatic rings. The Balaban J connectivity index is 1.56. The average Bonchev–Trinajstić information content (AvgIpc) is 2.88. The van der Waals surface area contributed by atoms with Crippen LogP contribution >= 0.6 is 0 Å². The summed E-state index contributed by atoms with van der Waals surface area (Å²) in [6.07, 6.45) is 3.74. The fraction of sp³-hybridized carbons (Fsp3) is 0.400. The maximum absolute atomic E-state index is 13.3. The van der Waals surface area contributed by atoms with Crippen molar-refractivity contribution < 1.29 is 32.6 Å². The molecule has 2 N–H and O–H groups in total. The molecule has 0 radical (unpaired) electrons. The van der Waals surface area contributed by atoms with Gasteiger partial charge in [-0.1, -0.05) is 18.2 Å². The summed E-state index contributed by atoms with van der Waals surface area (Å²) in [6.45, 7) is 2.79. The number of carbonyl (C=O) groups is 1. The zero-order valence-electron chi connectivity index (χ0n) is 19.5. The molecule has 184 valence electrons. The molecule has 8 nitrogen and oxygen atoms in total. The van der Waals surface area contributed by atoms with E-state index in [4.69, 9.17) is 19.4 Å². The number of methoxy groups -OCH3 is 1. The minimum Gasteiger partial charge on any atom is -0.497 e. The van der Waals surface area contributed by atoms with Gasteiger partial charge in [0.15, 0.2) is 14.6 Å². The number of carbonyl (C=O) groups excluding carboxylic acids is 1. The summed E-state index contributed by atoms with van der Waals surface area (Å²) in [5.74, 6) is 0.430. The van der Waals surface area contributed by atoms with Crippen molar-refractivity contribution in [3.05, 3.63) is 60.2 Å². The molecule has 0 atom stereocenters. The van der Waals surface area contributed by atoms with Gasteiger partial charge in [0.05, 0.1) is 18.6 Å². The summed E-state index contributed by atoms with van der Waals surface area (Å²) in [6, 6.07) is 13.9. The van der Waals surface area contributed by atoms with Crippen molar-refractivity contribution in [3.63, 3.8) is 0 Å². The molecule has 1 saturated heterocycles. The number of sulfone groups is 1. The summed E-state index contributed by atoms with van der Waals surface area (Å²) in [5.41, 5.74) is 3.82. The van der Waals surface area contributed by atoms with Crippen LogP contribution in [0.1, 0.15) is 38.2 Å². The van der Waals surface area contributed by atoms with E-state index in [1.807, 2.05) is 24.3 Å². The van der Waals surface area contributed by atoms with Gasteiger partial charge in [0, 0.05) is 13.2 Å². The molecule has 3 rings (SSSR count). The van der Waals surface area contributed by atoms with Crippen molar-refractivity contribution in [3.8, 4) is 11.5 Å². The van der Waals surface area contributed by atoms with Crippen molar-refractivity contribution in [1.82, 2.24) is 5.48 Å². The molecule has 0 aromatic heterocycles. The minimum atomic E-state index is -4.04. The number of hydroxylamine groups is 1. The van der Waals surface area contributed by atoms with Crippen molar-refractivity contribution in [2.24, 2.45) is 0 Å². The molecule has 1 amide bonds. The van der Waals surface area contributed by atoms with Crippen LogP contribution in [0, 0.1) is 0 Å². The first-order valence-electron chi connectivity index (χ1n) is 11.1. The van der Waals surface area contributed by atoms with Gasteiger partial charge in [-0.2, -0.15) is 0 Å². The van der Waals surface area contributed by atoms with E-state index in [1.54, 1.807) is 19.2 Å². The van der Waals surface area contributed by atoms with E-state index in [-0.39, 0.29) is 31.0 Å². The van der Waals surface area contributed by atoms with Gasteiger partial charge in [-0.25, -0.2) is 13.9 Å². The van der Waals surface area contributed by atoms with Gasteiger partial charge in [0.25, 0.3) is 5.91 Å². The Morgan fingerprint density at radius 1 is 1.09 bits per heavy atom. The van der Waals surface area contributed by atoms with E-state index in [1.165, 1.54) is 23.2 Å². The second kappa shape index (κ2) is 11.5. The predicted octanol–water partition coefficient (Wildman–Crippen LogP) is 3.79. The normalized spacial score (nSPS) is 16.0. The van der Waals surface area contributed by atoms with Gasteiger partial charge in [-0.05, 0) is 80.1 Å². The topological polar surface area (TPSA) is 111 Å². The Morgan fingerprint density at radius 2 is 1.71 bits per heavy atom. The van der Waals surface area contributed by atoms with Gasteiger partial charge >= 0.3 is 0 Å². The molecular formula is C25H31NO7S. The monoisotopic (exact) mass is 489 g/mol. The number of rotatable bonds is 10. The molecule has 0 unspecified atom stereocenters. The third kappa shape index (κ3) is 5.60. The Kier molecular flexibility index (Phi) is 8.71. The summed E-state index contributed by atoms with van der Waals surface area (Å²) >= 11 is 0. The fourth-order valence-electron chi connectivity index (χ4n) is 3.93. The Hall–Kier alpha value is -2.88. The maximum Gasteiger partial charge on any atom is 0.265 e. The van der Waals surface area contributed by atoms with Crippen molar-refractivity contribution in [1.29, 1.82) is 0 Å². The van der Waals surface area contributed by atoms with Crippen LogP contribution in [0.2, 0.25) is 0 Å². The molecule has 0 bridgehead atoms. The third-order valence-corrected chi connectivity index (χ3v) is 8.59. The lowest BCUT2D eigenvalue weighted by molar-refractivity contribution is -0.134. The van der Waals surface area contributed by atoms with E-state index in [0.29, 0.717) is 12.4 Å². The lowest BCUT2D eigenvalue weighted by Crippen LogP contribution is -2.54. The Morgan fingerprint density at radius 3 is 2.29 bits per heavy atom. The Bertz CT molecular complexity index is 1090. The number of hydrogen-bond acceptors (Lipinski definition) is 7. The lowest BCUT2D eigenvalue weighted by Gasteiger charge is -2.34. The fourth-order valence-corrected chi connectivity index (χ4v) is 5.86. The van der Waals surface area contributed by atoms with Gasteiger partial charge in [-0.3, -0.25) is 10.0 Å². The van der Waals surface area contributed by atoms with Crippen LogP contribution in [0.15, 0.2) is 59.5 Å². The molecule has 0 saturated carbocycles. The van der Waals surface area contributed by atoms with Gasteiger partial charge < -0.3 is 14.2 Å². The van der Waals surface area contributed by atoms with E-state index in [2.05, 4.69) is 13.0 Å². The van der Waals surface area contributed by atoms with Crippen molar-refractivity contribution >= 4 is 21.3 Å². The highest BCUT2D eigenvalue weighted by Crippen LogP contribution is 2.35. The third-order valence-electron chi connectivity index (χ3n) is 6.08. The molecule has 2 aromatic carbocycles. The zero-order chi connectivity index (χ0) is 24.6. The smallest absolute Gasteiger partial charge is 0.265 e. The molecule has 1 heterocycles. The van der Waals surface area contributed by atoms with Crippen molar-refractivity contribution in [2.45, 2.75) is 42.2 Å². The number of benzene rings is 2. The quantitative estimate of drug-likeness (QED) is 0.297. The van der Waals surface area contributed by atoms with Crippen LogP contribution in [0.5, 0.6) is 11.5 Å². The van der Waals surface area contributed by atoms with E-state index in [0.717, 1.165) is 24.2 Å². The highest BCUT2D eigenvalue weighted by molar-refractivity contribution is 7.93. The zero-order valence-corrected chi connectivity index (χ0v) is 20.3. The van der Waals surface area contributed by atoms with E-state index >= 15 is 0 Å². The predicted molar refractivity (Wildman–Crippen MR) is 128 cm³/mol. The molecule has 0 spiro atoms. The molecule has 9 heteroatoms. The minimum absolute atomic E-state index is 0.00315.